The van der Waals surface area contributed by atoms with Gasteiger partial charge in [-0.25, -0.2) is 4.98 Å². The molecule has 1 fully saturated rings. The number of carbonyl (C=O) groups excluding carboxylic acids is 1. The molecule has 0 saturated carbocycles. The zero-order chi connectivity index (χ0) is 19.3. The minimum Gasteiger partial charge on any atom is -0.340 e. The fraction of sp³-hybridized carbons (Fsp3) is 0.429. The van der Waals surface area contributed by atoms with E-state index in [-0.39, 0.29) is 5.91 Å². The van der Waals surface area contributed by atoms with E-state index >= 15 is 0 Å². The zero-order valence-electron chi connectivity index (χ0n) is 16.3. The number of rotatable bonds is 3. The summed E-state index contributed by atoms with van der Waals surface area (Å²) >= 11 is 0. The molecule has 1 saturated heterocycles. The maximum atomic E-state index is 13.1. The first-order chi connectivity index (χ1) is 13.7. The van der Waals surface area contributed by atoms with Gasteiger partial charge < -0.3 is 9.80 Å². The van der Waals surface area contributed by atoms with Crippen molar-refractivity contribution in [2.45, 2.75) is 31.7 Å². The molecule has 3 aliphatic rings. The van der Waals surface area contributed by atoms with Crippen LogP contribution in [0.2, 0.25) is 0 Å². The van der Waals surface area contributed by atoms with E-state index in [1.54, 1.807) is 11.1 Å². The number of anilines is 3. The lowest BCUT2D eigenvalue weighted by Crippen LogP contribution is -2.59. The molecule has 0 bridgehead atoms. The van der Waals surface area contributed by atoms with Gasteiger partial charge in [0.05, 0.1) is 12.7 Å². The molecule has 144 valence electrons. The summed E-state index contributed by atoms with van der Waals surface area (Å²) in [6, 6.07) is 10.2. The van der Waals surface area contributed by atoms with Crippen LogP contribution in [0.25, 0.3) is 0 Å². The quantitative estimate of drug-likeness (QED) is 0.823. The lowest BCUT2D eigenvalue weighted by molar-refractivity contribution is -0.123. The number of amides is 1. The maximum absolute atomic E-state index is 13.1. The Bertz CT molecular complexity index is 959. The van der Waals surface area contributed by atoms with Gasteiger partial charge in [-0.1, -0.05) is 37.3 Å². The first kappa shape index (κ1) is 17.2. The van der Waals surface area contributed by atoms with Crippen LogP contribution >= 0.6 is 0 Å². The van der Waals surface area contributed by atoms with Crippen molar-refractivity contribution >= 4 is 29.2 Å². The third-order valence-corrected chi connectivity index (χ3v) is 6.24. The molecule has 0 N–H and O–H groups in total. The Balaban J connectivity index is 1.58. The predicted molar refractivity (Wildman–Crippen MR) is 110 cm³/mol. The molecule has 4 heterocycles. The molecule has 5 rings (SSSR count). The summed E-state index contributed by atoms with van der Waals surface area (Å²) in [6.45, 7) is 4.44. The van der Waals surface area contributed by atoms with Crippen LogP contribution in [-0.4, -0.2) is 53.9 Å². The summed E-state index contributed by atoms with van der Waals surface area (Å²) in [4.78, 5) is 33.4. The summed E-state index contributed by atoms with van der Waals surface area (Å²) in [7, 11) is 1.84. The van der Waals surface area contributed by atoms with Crippen LogP contribution in [0, 0.1) is 0 Å². The van der Waals surface area contributed by atoms with E-state index in [4.69, 9.17) is 4.98 Å². The minimum atomic E-state index is -0.464. The highest BCUT2D eigenvalue weighted by Gasteiger charge is 2.52. The molecule has 1 atom stereocenters. The van der Waals surface area contributed by atoms with Crippen LogP contribution in [0.15, 0.2) is 41.5 Å². The number of nitrogens with zero attached hydrogens (tertiary/aromatic N) is 6. The summed E-state index contributed by atoms with van der Waals surface area (Å²) in [5.74, 6) is 2.58. The van der Waals surface area contributed by atoms with Gasteiger partial charge in [-0.05, 0) is 19.3 Å². The summed E-state index contributed by atoms with van der Waals surface area (Å²) in [5.41, 5.74) is 1.39. The van der Waals surface area contributed by atoms with Crippen molar-refractivity contribution in [1.29, 1.82) is 0 Å². The van der Waals surface area contributed by atoms with E-state index in [2.05, 4.69) is 38.8 Å². The minimum absolute atomic E-state index is 0.157. The molecule has 7 nitrogen and oxygen atoms in total. The van der Waals surface area contributed by atoms with E-state index in [0.29, 0.717) is 5.95 Å². The molecule has 1 amide bonds. The summed E-state index contributed by atoms with van der Waals surface area (Å²) in [5, 5.41) is 0. The molecule has 1 unspecified atom stereocenters. The van der Waals surface area contributed by atoms with E-state index in [1.165, 1.54) is 0 Å². The highest BCUT2D eigenvalue weighted by atomic mass is 16.2. The third kappa shape index (κ3) is 2.28. The van der Waals surface area contributed by atoms with Crippen LogP contribution in [0.1, 0.15) is 31.7 Å². The number of carbonyl (C=O) groups is 1. The van der Waals surface area contributed by atoms with Crippen molar-refractivity contribution in [1.82, 2.24) is 9.97 Å². The molecule has 7 heteroatoms. The van der Waals surface area contributed by atoms with Gasteiger partial charge in [0, 0.05) is 25.7 Å². The molecule has 0 spiro atoms. The number of hydrogen-bond acceptors (Lipinski definition) is 6. The first-order valence-electron chi connectivity index (χ1n) is 9.96. The van der Waals surface area contributed by atoms with Gasteiger partial charge in [0.15, 0.2) is 5.82 Å². The monoisotopic (exact) mass is 376 g/mol. The Kier molecular flexibility index (Phi) is 3.86. The second-order valence-corrected chi connectivity index (χ2v) is 7.61. The number of aromatic nitrogens is 2. The molecular formula is C21H24N6O. The summed E-state index contributed by atoms with van der Waals surface area (Å²) < 4.78 is 0. The van der Waals surface area contributed by atoms with Crippen molar-refractivity contribution in [3.8, 4) is 0 Å². The highest BCUT2D eigenvalue weighted by molar-refractivity contribution is 6.11. The topological polar surface area (TPSA) is 64.9 Å². The van der Waals surface area contributed by atoms with Crippen molar-refractivity contribution in [3.63, 3.8) is 0 Å². The predicted octanol–water partition coefficient (Wildman–Crippen LogP) is 2.47. The SMILES string of the molecule is CCC12CCCN1c1nc(N3CCN=C3c3ccccc3)ncc1N(C)C2=O. The fourth-order valence-corrected chi connectivity index (χ4v) is 4.75. The molecule has 3 aliphatic heterocycles. The maximum Gasteiger partial charge on any atom is 0.252 e. The van der Waals surface area contributed by atoms with Crippen LogP contribution < -0.4 is 14.7 Å². The fourth-order valence-electron chi connectivity index (χ4n) is 4.75. The number of benzene rings is 1. The second-order valence-electron chi connectivity index (χ2n) is 7.61. The van der Waals surface area contributed by atoms with Crippen molar-refractivity contribution in [2.24, 2.45) is 4.99 Å². The van der Waals surface area contributed by atoms with Gasteiger partial charge >= 0.3 is 0 Å². The van der Waals surface area contributed by atoms with Crippen LogP contribution in [0.4, 0.5) is 17.5 Å². The Morgan fingerprint density at radius 2 is 2.00 bits per heavy atom. The Hall–Kier alpha value is -2.96. The van der Waals surface area contributed by atoms with Gasteiger partial charge in [-0.2, -0.15) is 4.98 Å². The van der Waals surface area contributed by atoms with Gasteiger partial charge in [0.25, 0.3) is 5.91 Å². The Labute approximate surface area is 164 Å². The van der Waals surface area contributed by atoms with Crippen molar-refractivity contribution in [2.75, 3.05) is 41.4 Å². The Morgan fingerprint density at radius 1 is 1.18 bits per heavy atom. The average Bonchev–Trinajstić information content (AvgIpc) is 3.40. The second kappa shape index (κ2) is 6.29. The van der Waals surface area contributed by atoms with Gasteiger partial charge in [0.1, 0.15) is 17.1 Å². The lowest BCUT2D eigenvalue weighted by Gasteiger charge is -2.45. The van der Waals surface area contributed by atoms with E-state index < -0.39 is 5.54 Å². The van der Waals surface area contributed by atoms with Crippen LogP contribution in [0.5, 0.6) is 0 Å². The molecule has 0 radical (unpaired) electrons. The standard InChI is InChI=1S/C21H24N6O/c1-3-21-10-7-12-27(21)18-16(25(2)19(21)28)14-23-20(24-18)26-13-11-22-17(26)15-8-5-4-6-9-15/h4-6,8-9,14H,3,7,10-13H2,1-2H3. The van der Waals surface area contributed by atoms with E-state index in [9.17, 15) is 4.79 Å². The largest absolute Gasteiger partial charge is 0.340 e. The Morgan fingerprint density at radius 3 is 2.79 bits per heavy atom. The first-order valence-corrected chi connectivity index (χ1v) is 9.96. The van der Waals surface area contributed by atoms with Crippen molar-refractivity contribution in [3.05, 3.63) is 42.1 Å². The molecule has 1 aromatic carbocycles. The molecule has 2 aromatic rings. The average molecular weight is 376 g/mol. The normalized spacial score (nSPS) is 23.7. The number of amidine groups is 1. The molecule has 1 aromatic heterocycles. The molecular weight excluding hydrogens is 352 g/mol. The van der Waals surface area contributed by atoms with Crippen molar-refractivity contribution < 1.29 is 4.79 Å². The van der Waals surface area contributed by atoms with E-state index in [0.717, 1.165) is 61.8 Å². The number of likely N-dealkylation sites (N-methyl/N-ethyl adjacent to an activating group) is 1. The highest BCUT2D eigenvalue weighted by Crippen LogP contribution is 2.45. The van der Waals surface area contributed by atoms with Crippen LogP contribution in [0.3, 0.4) is 0 Å². The molecule has 28 heavy (non-hydrogen) atoms. The smallest absolute Gasteiger partial charge is 0.252 e. The van der Waals surface area contributed by atoms with Gasteiger partial charge in [-0.15, -0.1) is 0 Å². The van der Waals surface area contributed by atoms with Crippen LogP contribution in [-0.2, 0) is 4.79 Å². The van der Waals surface area contributed by atoms with E-state index in [1.807, 2.05) is 25.2 Å². The summed E-state index contributed by atoms with van der Waals surface area (Å²) in [6.07, 6.45) is 4.46. The number of aliphatic imine (C=N–C) groups is 1. The van der Waals surface area contributed by atoms with Gasteiger partial charge in [-0.3, -0.25) is 14.7 Å². The van der Waals surface area contributed by atoms with Gasteiger partial charge in [0.2, 0.25) is 5.95 Å². The number of hydrogen-bond donors (Lipinski definition) is 0. The molecule has 0 aliphatic carbocycles. The third-order valence-electron chi connectivity index (χ3n) is 6.24. The number of fused-ring (bicyclic) bond motifs is 3. The zero-order valence-corrected chi connectivity index (χ0v) is 16.3. The lowest BCUT2D eigenvalue weighted by atomic mass is 9.89.